The summed E-state index contributed by atoms with van der Waals surface area (Å²) >= 11 is 1.36. The van der Waals surface area contributed by atoms with E-state index in [-0.39, 0.29) is 5.91 Å². The first-order valence-electron chi connectivity index (χ1n) is 6.93. The van der Waals surface area contributed by atoms with Gasteiger partial charge in [0, 0.05) is 25.2 Å². The average molecular weight is 308 g/mol. The van der Waals surface area contributed by atoms with E-state index in [0.29, 0.717) is 16.5 Å². The summed E-state index contributed by atoms with van der Waals surface area (Å²) in [6, 6.07) is 2.31. The summed E-state index contributed by atoms with van der Waals surface area (Å²) in [7, 11) is 4.13. The maximum atomic E-state index is 12.5. The lowest BCUT2D eigenvalue weighted by Gasteiger charge is -2.35. The second-order valence-electron chi connectivity index (χ2n) is 5.36. The highest BCUT2D eigenvalue weighted by Crippen LogP contribution is 2.23. The number of hydrogen-bond acceptors (Lipinski definition) is 4. The predicted molar refractivity (Wildman–Crippen MR) is 83.6 cm³/mol. The van der Waals surface area contributed by atoms with Gasteiger partial charge in [0.2, 0.25) is 0 Å². The minimum atomic E-state index is -1.01. The zero-order chi connectivity index (χ0) is 15.4. The second-order valence-corrected chi connectivity index (χ2v) is 6.28. The topological polar surface area (TPSA) is 60.9 Å². The number of hydrogen-bond donors (Lipinski definition) is 1. The molecular formula is C15H20N2O3S. The molecule has 0 aromatic carbocycles. The molecule has 21 heavy (non-hydrogen) atoms. The number of carboxylic acids is 1. The van der Waals surface area contributed by atoms with Gasteiger partial charge in [-0.05, 0) is 50.0 Å². The Morgan fingerprint density at radius 3 is 2.62 bits per heavy atom. The fourth-order valence-corrected chi connectivity index (χ4v) is 3.37. The Labute approximate surface area is 128 Å². The lowest BCUT2D eigenvalue weighted by Crippen LogP contribution is -2.44. The van der Waals surface area contributed by atoms with Crippen LogP contribution in [0.2, 0.25) is 0 Å². The highest BCUT2D eigenvalue weighted by atomic mass is 32.1. The van der Waals surface area contributed by atoms with Gasteiger partial charge in [0.1, 0.15) is 0 Å². The first-order valence-corrected chi connectivity index (χ1v) is 7.81. The van der Waals surface area contributed by atoms with E-state index in [0.717, 1.165) is 32.0 Å². The molecule has 1 amide bonds. The van der Waals surface area contributed by atoms with Crippen LogP contribution in [0.1, 0.15) is 28.1 Å². The highest BCUT2D eigenvalue weighted by molar-refractivity contribution is 7.12. The molecule has 0 saturated carbocycles. The van der Waals surface area contributed by atoms with Gasteiger partial charge in [0.15, 0.2) is 0 Å². The summed E-state index contributed by atoms with van der Waals surface area (Å²) in [6.07, 6.45) is 4.50. The van der Waals surface area contributed by atoms with Crippen molar-refractivity contribution < 1.29 is 14.7 Å². The van der Waals surface area contributed by atoms with E-state index in [4.69, 9.17) is 5.11 Å². The molecule has 114 valence electrons. The third-order valence-electron chi connectivity index (χ3n) is 3.78. The number of amides is 1. The van der Waals surface area contributed by atoms with Gasteiger partial charge in [-0.25, -0.2) is 4.79 Å². The number of nitrogens with zero attached hydrogens (tertiary/aromatic N) is 2. The minimum Gasteiger partial charge on any atom is -0.478 e. The highest BCUT2D eigenvalue weighted by Gasteiger charge is 2.26. The molecule has 1 N–H and O–H groups in total. The molecule has 0 bridgehead atoms. The number of carboxylic acid groups (broad SMARTS) is 1. The van der Waals surface area contributed by atoms with Crippen LogP contribution in [0.15, 0.2) is 17.5 Å². The zero-order valence-corrected chi connectivity index (χ0v) is 13.1. The molecule has 0 spiro atoms. The Morgan fingerprint density at radius 2 is 2.05 bits per heavy atom. The van der Waals surface area contributed by atoms with Gasteiger partial charge < -0.3 is 14.9 Å². The molecule has 5 nitrogen and oxygen atoms in total. The monoisotopic (exact) mass is 308 g/mol. The molecule has 1 aromatic heterocycles. The maximum absolute atomic E-state index is 12.5. The molecule has 1 aromatic rings. The van der Waals surface area contributed by atoms with E-state index in [2.05, 4.69) is 19.0 Å². The van der Waals surface area contributed by atoms with Crippen LogP contribution in [0.25, 0.3) is 6.08 Å². The third-order valence-corrected chi connectivity index (χ3v) is 4.70. The van der Waals surface area contributed by atoms with Crippen LogP contribution < -0.4 is 0 Å². The van der Waals surface area contributed by atoms with Gasteiger partial charge in [-0.1, -0.05) is 0 Å². The standard InChI is InChI=1S/C15H20N2O3S/c1-16(2)12-5-8-17(9-6-12)15(20)14-11(7-10-21-14)3-4-13(18)19/h3-4,7,10,12H,5-6,8-9H2,1-2H3,(H,18,19). The quantitative estimate of drug-likeness (QED) is 0.864. The summed E-state index contributed by atoms with van der Waals surface area (Å²) < 4.78 is 0. The van der Waals surface area contributed by atoms with Crippen LogP contribution >= 0.6 is 11.3 Å². The Morgan fingerprint density at radius 1 is 1.38 bits per heavy atom. The van der Waals surface area contributed by atoms with Crippen molar-refractivity contribution in [2.75, 3.05) is 27.2 Å². The summed E-state index contributed by atoms with van der Waals surface area (Å²) in [5.41, 5.74) is 0.683. The Bertz CT molecular complexity index is 543. The molecule has 1 aliphatic heterocycles. The van der Waals surface area contributed by atoms with E-state index >= 15 is 0 Å². The normalized spacial score (nSPS) is 16.8. The second kappa shape index (κ2) is 6.87. The minimum absolute atomic E-state index is 0.00671. The Kier molecular flexibility index (Phi) is 5.14. The zero-order valence-electron chi connectivity index (χ0n) is 12.3. The molecule has 1 aliphatic rings. The lowest BCUT2D eigenvalue weighted by atomic mass is 10.0. The van der Waals surface area contributed by atoms with Crippen LogP contribution in [0.4, 0.5) is 0 Å². The van der Waals surface area contributed by atoms with Crippen LogP contribution in [0.5, 0.6) is 0 Å². The number of carbonyl (C=O) groups is 2. The van der Waals surface area contributed by atoms with E-state index in [1.165, 1.54) is 17.4 Å². The van der Waals surface area contributed by atoms with Gasteiger partial charge in [0.05, 0.1) is 4.88 Å². The van der Waals surface area contributed by atoms with E-state index in [9.17, 15) is 9.59 Å². The van der Waals surface area contributed by atoms with Gasteiger partial charge in [-0.2, -0.15) is 0 Å². The van der Waals surface area contributed by atoms with Gasteiger partial charge >= 0.3 is 5.97 Å². The van der Waals surface area contributed by atoms with Crippen LogP contribution in [0.3, 0.4) is 0 Å². The molecule has 2 heterocycles. The third kappa shape index (κ3) is 3.92. The Hall–Kier alpha value is -1.66. The fraction of sp³-hybridized carbons (Fsp3) is 0.467. The van der Waals surface area contributed by atoms with E-state index < -0.39 is 5.97 Å². The first kappa shape index (κ1) is 15.7. The Balaban J connectivity index is 2.05. The molecule has 1 saturated heterocycles. The smallest absolute Gasteiger partial charge is 0.328 e. The van der Waals surface area contributed by atoms with Gasteiger partial charge in [-0.3, -0.25) is 4.79 Å². The van der Waals surface area contributed by atoms with Crippen molar-refractivity contribution in [1.29, 1.82) is 0 Å². The summed E-state index contributed by atoms with van der Waals surface area (Å²) in [6.45, 7) is 1.50. The van der Waals surface area contributed by atoms with Crippen molar-refractivity contribution in [3.8, 4) is 0 Å². The first-order chi connectivity index (χ1) is 9.99. The summed E-state index contributed by atoms with van der Waals surface area (Å²) in [5, 5.41) is 10.5. The maximum Gasteiger partial charge on any atom is 0.328 e. The fourth-order valence-electron chi connectivity index (χ4n) is 2.51. The number of carbonyl (C=O) groups excluding carboxylic acids is 1. The van der Waals surface area contributed by atoms with Crippen molar-refractivity contribution in [3.05, 3.63) is 28.0 Å². The molecule has 0 radical (unpaired) electrons. The average Bonchev–Trinajstić information content (AvgIpc) is 2.92. The number of rotatable bonds is 4. The molecule has 0 aliphatic carbocycles. The molecule has 0 atom stereocenters. The van der Waals surface area contributed by atoms with Crippen LogP contribution in [0, 0.1) is 0 Å². The van der Waals surface area contributed by atoms with Crippen molar-refractivity contribution in [2.24, 2.45) is 0 Å². The number of piperidine rings is 1. The van der Waals surface area contributed by atoms with Crippen LogP contribution in [-0.4, -0.2) is 60.0 Å². The predicted octanol–water partition coefficient (Wildman–Crippen LogP) is 2.01. The van der Waals surface area contributed by atoms with Crippen LogP contribution in [-0.2, 0) is 4.79 Å². The number of aliphatic carboxylic acids is 1. The van der Waals surface area contributed by atoms with Crippen molar-refractivity contribution in [3.63, 3.8) is 0 Å². The largest absolute Gasteiger partial charge is 0.478 e. The number of thiophene rings is 1. The molecule has 2 rings (SSSR count). The van der Waals surface area contributed by atoms with Crippen molar-refractivity contribution in [2.45, 2.75) is 18.9 Å². The summed E-state index contributed by atoms with van der Waals surface area (Å²) in [4.78, 5) is 27.8. The molecule has 6 heteroatoms. The lowest BCUT2D eigenvalue weighted by molar-refractivity contribution is -0.131. The van der Waals surface area contributed by atoms with Gasteiger partial charge in [-0.15, -0.1) is 11.3 Å². The molecule has 0 unspecified atom stereocenters. The van der Waals surface area contributed by atoms with Crippen molar-refractivity contribution in [1.82, 2.24) is 9.80 Å². The SMILES string of the molecule is CN(C)C1CCN(C(=O)c2sccc2C=CC(=O)O)CC1. The van der Waals surface area contributed by atoms with Gasteiger partial charge in [0.25, 0.3) is 5.91 Å². The van der Waals surface area contributed by atoms with E-state index in [1.807, 2.05) is 10.3 Å². The number of likely N-dealkylation sites (tertiary alicyclic amines) is 1. The van der Waals surface area contributed by atoms with Crippen molar-refractivity contribution >= 4 is 29.3 Å². The summed E-state index contributed by atoms with van der Waals surface area (Å²) in [5.74, 6) is -1.00. The van der Waals surface area contributed by atoms with E-state index in [1.54, 1.807) is 6.07 Å². The molecule has 1 fully saturated rings. The molecular weight excluding hydrogens is 288 g/mol.